The Morgan fingerprint density at radius 3 is 2.62 bits per heavy atom. The van der Waals surface area contributed by atoms with Gasteiger partial charge in [0.05, 0.1) is 9.77 Å². The summed E-state index contributed by atoms with van der Waals surface area (Å²) in [6.07, 6.45) is 2.08. The zero-order valence-corrected chi connectivity index (χ0v) is 20.2. The van der Waals surface area contributed by atoms with Crippen molar-refractivity contribution in [2.75, 3.05) is 12.4 Å². The van der Waals surface area contributed by atoms with Crippen LogP contribution in [0.15, 0.2) is 71.1 Å². The molecule has 0 aliphatic heterocycles. The van der Waals surface area contributed by atoms with E-state index >= 15 is 0 Å². The number of fused-ring (bicyclic) bond motifs is 1. The number of aryl methyl sites for hydroxylation is 1. The van der Waals surface area contributed by atoms with Gasteiger partial charge in [0.25, 0.3) is 5.91 Å². The number of aromatic amines is 1. The smallest absolute Gasteiger partial charge is 0.262 e. The first-order chi connectivity index (χ1) is 16.3. The van der Waals surface area contributed by atoms with Gasteiger partial charge >= 0.3 is 0 Å². The second-order valence-electron chi connectivity index (χ2n) is 7.74. The van der Waals surface area contributed by atoms with Crippen LogP contribution < -0.4 is 15.4 Å². The molecule has 1 atom stereocenters. The zero-order valence-electron chi connectivity index (χ0n) is 18.6. The number of thiophene rings is 1. The summed E-state index contributed by atoms with van der Waals surface area (Å²) in [7, 11) is -2.36. The summed E-state index contributed by atoms with van der Waals surface area (Å²) in [5.41, 5.74) is 2.68. The first kappa shape index (κ1) is 23.7. The van der Waals surface area contributed by atoms with E-state index in [-0.39, 0.29) is 17.2 Å². The third-order valence-electron chi connectivity index (χ3n) is 5.48. The van der Waals surface area contributed by atoms with E-state index in [1.165, 1.54) is 24.5 Å². The number of nitrogens with one attached hydrogen (secondary N) is 4. The summed E-state index contributed by atoms with van der Waals surface area (Å²) in [6.45, 7) is 1.68. The molecule has 8 nitrogen and oxygen atoms in total. The third kappa shape index (κ3) is 5.04. The van der Waals surface area contributed by atoms with E-state index < -0.39 is 22.0 Å². The van der Waals surface area contributed by atoms with Crippen LogP contribution in [-0.2, 0) is 21.2 Å². The number of benzene rings is 2. The topological polar surface area (TPSA) is 120 Å². The van der Waals surface area contributed by atoms with Gasteiger partial charge in [-0.1, -0.05) is 30.3 Å². The summed E-state index contributed by atoms with van der Waals surface area (Å²) in [4.78, 5) is 29.8. The van der Waals surface area contributed by atoms with Crippen LogP contribution in [-0.4, -0.2) is 38.3 Å². The van der Waals surface area contributed by atoms with Crippen LogP contribution in [0.25, 0.3) is 10.9 Å². The summed E-state index contributed by atoms with van der Waals surface area (Å²) in [5, 5.41) is 8.34. The highest BCUT2D eigenvalue weighted by atomic mass is 32.2. The number of hydrogen-bond donors (Lipinski definition) is 4. The molecular formula is C24H24N4O4S2. The number of rotatable bonds is 8. The second-order valence-corrected chi connectivity index (χ2v) is 10.5. The lowest BCUT2D eigenvalue weighted by Gasteiger charge is -2.19. The van der Waals surface area contributed by atoms with Crippen molar-refractivity contribution in [1.29, 1.82) is 0 Å². The third-order valence-corrected chi connectivity index (χ3v) is 7.90. The van der Waals surface area contributed by atoms with Crippen LogP contribution in [0, 0.1) is 6.92 Å². The van der Waals surface area contributed by atoms with Crippen molar-refractivity contribution in [1.82, 2.24) is 15.0 Å². The van der Waals surface area contributed by atoms with Crippen molar-refractivity contribution in [3.8, 4) is 0 Å². The first-order valence-electron chi connectivity index (χ1n) is 10.5. The summed E-state index contributed by atoms with van der Waals surface area (Å²) < 4.78 is 26.9. The maximum Gasteiger partial charge on any atom is 0.262 e. The summed E-state index contributed by atoms with van der Waals surface area (Å²) in [6, 6.07) is 14.9. The number of para-hydroxylation sites is 1. The Kier molecular flexibility index (Phi) is 6.82. The minimum absolute atomic E-state index is 0.0728. The van der Waals surface area contributed by atoms with Gasteiger partial charge in [0.1, 0.15) is 6.04 Å². The van der Waals surface area contributed by atoms with Crippen molar-refractivity contribution in [3.63, 3.8) is 0 Å². The fourth-order valence-electron chi connectivity index (χ4n) is 3.67. The van der Waals surface area contributed by atoms with E-state index in [9.17, 15) is 18.0 Å². The number of amides is 2. The van der Waals surface area contributed by atoms with Crippen LogP contribution in [0.3, 0.4) is 0 Å². The lowest BCUT2D eigenvalue weighted by Crippen LogP contribution is -2.45. The SMILES string of the molecule is CNS(=O)(=O)c1cc(NC(=O)[C@H](Cc2c[nH]c3ccccc23)NC(=O)c2cccs2)ccc1C. The molecule has 34 heavy (non-hydrogen) atoms. The lowest BCUT2D eigenvalue weighted by molar-refractivity contribution is -0.118. The average Bonchev–Trinajstić information content (AvgIpc) is 3.50. The van der Waals surface area contributed by atoms with Crippen molar-refractivity contribution >= 4 is 49.8 Å². The van der Waals surface area contributed by atoms with Crippen LogP contribution in [0.4, 0.5) is 5.69 Å². The van der Waals surface area contributed by atoms with E-state index in [2.05, 4.69) is 20.3 Å². The minimum Gasteiger partial charge on any atom is -0.361 e. The molecule has 0 saturated carbocycles. The maximum atomic E-state index is 13.3. The van der Waals surface area contributed by atoms with Crippen molar-refractivity contribution in [2.45, 2.75) is 24.3 Å². The Hall–Kier alpha value is -3.47. The number of H-pyrrole nitrogens is 1. The Balaban J connectivity index is 1.62. The number of hydrogen-bond acceptors (Lipinski definition) is 5. The van der Waals surface area contributed by atoms with Crippen molar-refractivity contribution < 1.29 is 18.0 Å². The number of carbonyl (C=O) groups excluding carboxylic acids is 2. The second kappa shape index (κ2) is 9.80. The van der Waals surface area contributed by atoms with Gasteiger partial charge in [0.15, 0.2) is 0 Å². The number of sulfonamides is 1. The fraction of sp³-hybridized carbons (Fsp3) is 0.167. The molecule has 176 valence electrons. The van der Waals surface area contributed by atoms with Gasteiger partial charge in [-0.05, 0) is 54.7 Å². The van der Waals surface area contributed by atoms with Gasteiger partial charge in [0, 0.05) is 29.2 Å². The van der Waals surface area contributed by atoms with Crippen molar-refractivity contribution in [3.05, 3.63) is 82.2 Å². The highest BCUT2D eigenvalue weighted by molar-refractivity contribution is 7.89. The van der Waals surface area contributed by atoms with Crippen molar-refractivity contribution in [2.24, 2.45) is 0 Å². The quantitative estimate of drug-likeness (QED) is 0.299. The zero-order chi connectivity index (χ0) is 24.3. The van der Waals surface area contributed by atoms with Gasteiger partial charge in [-0.2, -0.15) is 0 Å². The average molecular weight is 497 g/mol. The van der Waals surface area contributed by atoms with Crippen LogP contribution >= 0.6 is 11.3 Å². The fourth-order valence-corrected chi connectivity index (χ4v) is 5.29. The molecule has 0 aliphatic rings. The predicted molar refractivity (Wildman–Crippen MR) is 134 cm³/mol. The van der Waals surface area contributed by atoms with Gasteiger partial charge in [-0.15, -0.1) is 11.3 Å². The van der Waals surface area contributed by atoms with Crippen LogP contribution in [0.5, 0.6) is 0 Å². The number of carbonyl (C=O) groups is 2. The molecule has 0 bridgehead atoms. The Bertz CT molecular complexity index is 1440. The van der Waals surface area contributed by atoms with Gasteiger partial charge in [-0.25, -0.2) is 13.1 Å². The Morgan fingerprint density at radius 2 is 1.88 bits per heavy atom. The molecule has 2 aromatic heterocycles. The summed E-state index contributed by atoms with van der Waals surface area (Å²) >= 11 is 1.28. The van der Waals surface area contributed by atoms with Crippen LogP contribution in [0.1, 0.15) is 20.8 Å². The van der Waals surface area contributed by atoms with E-state index in [1.54, 1.807) is 36.6 Å². The van der Waals surface area contributed by atoms with E-state index in [4.69, 9.17) is 0 Å². The molecule has 2 amide bonds. The maximum absolute atomic E-state index is 13.3. The Labute approximate surface area is 201 Å². The Morgan fingerprint density at radius 1 is 1.09 bits per heavy atom. The van der Waals surface area contributed by atoms with E-state index in [1.807, 2.05) is 30.5 Å². The number of aromatic nitrogens is 1. The number of anilines is 1. The molecular weight excluding hydrogens is 472 g/mol. The molecule has 0 aliphatic carbocycles. The molecule has 0 spiro atoms. The largest absolute Gasteiger partial charge is 0.361 e. The molecule has 0 radical (unpaired) electrons. The molecule has 0 saturated heterocycles. The molecule has 2 heterocycles. The molecule has 4 rings (SSSR count). The van der Waals surface area contributed by atoms with E-state index in [0.717, 1.165) is 16.5 Å². The molecule has 4 N–H and O–H groups in total. The monoisotopic (exact) mass is 496 g/mol. The predicted octanol–water partition coefficient (Wildman–Crippen LogP) is 3.43. The van der Waals surface area contributed by atoms with Crippen LogP contribution in [0.2, 0.25) is 0 Å². The molecule has 0 fully saturated rings. The molecule has 10 heteroatoms. The summed E-state index contributed by atoms with van der Waals surface area (Å²) in [5.74, 6) is -0.802. The minimum atomic E-state index is -3.70. The van der Waals surface area contributed by atoms with E-state index in [0.29, 0.717) is 16.1 Å². The normalized spacial score (nSPS) is 12.4. The van der Waals surface area contributed by atoms with Gasteiger partial charge in [-0.3, -0.25) is 9.59 Å². The lowest BCUT2D eigenvalue weighted by atomic mass is 10.0. The standard InChI is InChI=1S/C24H24N4O4S2/c1-15-9-10-17(13-22(15)34(31,32)25-2)27-23(29)20(28-24(30)21-8-5-11-33-21)12-16-14-26-19-7-4-3-6-18(16)19/h3-11,13-14,20,25-26H,12H2,1-2H3,(H,27,29)(H,28,30)/t20-/m0/s1. The molecule has 0 unspecified atom stereocenters. The van der Waals surface area contributed by atoms with Gasteiger partial charge in [0.2, 0.25) is 15.9 Å². The highest BCUT2D eigenvalue weighted by Crippen LogP contribution is 2.22. The first-order valence-corrected chi connectivity index (χ1v) is 12.9. The highest BCUT2D eigenvalue weighted by Gasteiger charge is 2.24. The molecule has 4 aromatic rings. The molecule has 2 aromatic carbocycles. The van der Waals surface area contributed by atoms with Gasteiger partial charge < -0.3 is 15.6 Å².